The van der Waals surface area contributed by atoms with Crippen LogP contribution in [0.3, 0.4) is 0 Å². The van der Waals surface area contributed by atoms with Crippen LogP contribution in [0.15, 0.2) is 35.1 Å². The Balaban J connectivity index is 2.02. The van der Waals surface area contributed by atoms with Gasteiger partial charge in [-0.3, -0.25) is 4.40 Å². The fraction of sp³-hybridized carbons (Fsp3) is 0.176. The summed E-state index contributed by atoms with van der Waals surface area (Å²) in [4.78, 5) is 8.23. The molecule has 0 aliphatic heterocycles. The van der Waals surface area contributed by atoms with E-state index in [9.17, 15) is 8.78 Å². The number of rotatable bonds is 4. The molecule has 0 aliphatic rings. The Morgan fingerprint density at radius 2 is 2.04 bits per heavy atom. The van der Waals surface area contributed by atoms with Gasteiger partial charge in [0, 0.05) is 11.8 Å². The van der Waals surface area contributed by atoms with Gasteiger partial charge in [-0.15, -0.1) is 10.2 Å². The molecule has 6 nitrogen and oxygen atoms in total. The van der Waals surface area contributed by atoms with Crippen LogP contribution in [0.2, 0.25) is 0 Å². The van der Waals surface area contributed by atoms with Crippen molar-refractivity contribution >= 4 is 38.4 Å². The number of nitrogens with one attached hydrogen (secondary N) is 1. The molecule has 10 heteroatoms. The van der Waals surface area contributed by atoms with Gasteiger partial charge in [0.2, 0.25) is 0 Å². The fourth-order valence-electron chi connectivity index (χ4n) is 2.93. The molecular weight excluding hydrogens is 425 g/mol. The number of alkyl halides is 2. The Labute approximate surface area is 159 Å². The van der Waals surface area contributed by atoms with Gasteiger partial charge in [0.05, 0.1) is 17.4 Å². The molecule has 0 bridgehead atoms. The van der Waals surface area contributed by atoms with Crippen molar-refractivity contribution < 1.29 is 13.2 Å². The molecule has 0 fully saturated rings. The summed E-state index contributed by atoms with van der Waals surface area (Å²) < 4.78 is 43.0. The Kier molecular flexibility index (Phi) is 4.42. The van der Waals surface area contributed by atoms with Crippen LogP contribution in [0.4, 0.5) is 19.0 Å². The maximum atomic E-state index is 15.5. The molecule has 4 aromatic rings. The van der Waals surface area contributed by atoms with E-state index in [0.29, 0.717) is 27.1 Å². The number of fused-ring (bicyclic) bond motifs is 3. The molecule has 1 aromatic carbocycles. The molecule has 0 unspecified atom stereocenters. The van der Waals surface area contributed by atoms with E-state index in [4.69, 9.17) is 0 Å². The van der Waals surface area contributed by atoms with Crippen LogP contribution in [-0.2, 0) is 0 Å². The number of aromatic nitrogens is 5. The third-order valence-corrected chi connectivity index (χ3v) is 4.51. The van der Waals surface area contributed by atoms with Gasteiger partial charge < -0.3 is 5.32 Å². The summed E-state index contributed by atoms with van der Waals surface area (Å²) in [6, 6.07) is 6.65. The third kappa shape index (κ3) is 3.09. The van der Waals surface area contributed by atoms with Crippen LogP contribution in [0.5, 0.6) is 0 Å². The van der Waals surface area contributed by atoms with Gasteiger partial charge in [-0.05, 0) is 52.7 Å². The van der Waals surface area contributed by atoms with Crippen LogP contribution in [-0.4, -0.2) is 37.5 Å². The number of pyridine rings is 1. The van der Waals surface area contributed by atoms with E-state index in [0.717, 1.165) is 0 Å². The fourth-order valence-corrected chi connectivity index (χ4v) is 3.30. The predicted molar refractivity (Wildman–Crippen MR) is 98.4 cm³/mol. The standard InChI is InChI=1S/C17H12BrF3N6/c1-8-25-26-17-24-16(23-7-13(19)20)14-11(27(8)17)3-2-10(15(14)21)9-4-5-22-12(18)6-9/h2-6,13H,7H2,1H3,(H,23,24,26). The zero-order valence-electron chi connectivity index (χ0n) is 13.9. The lowest BCUT2D eigenvalue weighted by atomic mass is 10.0. The second-order valence-electron chi connectivity index (χ2n) is 5.80. The molecule has 138 valence electrons. The quantitative estimate of drug-likeness (QED) is 0.485. The molecule has 0 saturated carbocycles. The number of aryl methyl sites for hydroxylation is 1. The lowest BCUT2D eigenvalue weighted by Crippen LogP contribution is -2.13. The number of nitrogens with zero attached hydrogens (tertiary/aromatic N) is 5. The minimum Gasteiger partial charge on any atom is -0.364 e. The van der Waals surface area contributed by atoms with E-state index in [1.165, 1.54) is 0 Å². The summed E-state index contributed by atoms with van der Waals surface area (Å²) in [5, 5.41) is 10.5. The van der Waals surface area contributed by atoms with Gasteiger partial charge in [-0.1, -0.05) is 0 Å². The van der Waals surface area contributed by atoms with Crippen LogP contribution < -0.4 is 5.32 Å². The molecule has 0 spiro atoms. The number of halogens is 4. The molecule has 0 aliphatic carbocycles. The van der Waals surface area contributed by atoms with E-state index < -0.39 is 18.8 Å². The van der Waals surface area contributed by atoms with Crippen molar-refractivity contribution in [1.82, 2.24) is 24.6 Å². The minimum absolute atomic E-state index is 0.00216. The molecule has 3 heterocycles. The lowest BCUT2D eigenvalue weighted by Gasteiger charge is -2.13. The number of hydrogen-bond donors (Lipinski definition) is 1. The van der Waals surface area contributed by atoms with Crippen LogP contribution in [0.1, 0.15) is 5.82 Å². The van der Waals surface area contributed by atoms with Crippen LogP contribution in [0.25, 0.3) is 27.8 Å². The summed E-state index contributed by atoms with van der Waals surface area (Å²) in [5.41, 5.74) is 1.34. The molecule has 0 amide bonds. The summed E-state index contributed by atoms with van der Waals surface area (Å²) in [6.45, 7) is 1.05. The van der Waals surface area contributed by atoms with Crippen LogP contribution >= 0.6 is 15.9 Å². The summed E-state index contributed by atoms with van der Waals surface area (Å²) in [5.74, 6) is 0.139. The average molecular weight is 437 g/mol. The Morgan fingerprint density at radius 3 is 2.78 bits per heavy atom. The van der Waals surface area contributed by atoms with E-state index in [-0.39, 0.29) is 17.0 Å². The van der Waals surface area contributed by atoms with Crippen molar-refractivity contribution in [2.24, 2.45) is 0 Å². The van der Waals surface area contributed by atoms with Gasteiger partial charge in [-0.25, -0.2) is 18.2 Å². The van der Waals surface area contributed by atoms with Crippen molar-refractivity contribution in [1.29, 1.82) is 0 Å². The molecule has 4 rings (SSSR count). The van der Waals surface area contributed by atoms with Gasteiger partial charge in [0.15, 0.2) is 0 Å². The highest BCUT2D eigenvalue weighted by molar-refractivity contribution is 9.10. The summed E-state index contributed by atoms with van der Waals surface area (Å²) >= 11 is 3.26. The monoisotopic (exact) mass is 436 g/mol. The van der Waals surface area contributed by atoms with Crippen molar-refractivity contribution in [3.63, 3.8) is 0 Å². The highest BCUT2D eigenvalue weighted by Crippen LogP contribution is 2.33. The van der Waals surface area contributed by atoms with E-state index in [1.54, 1.807) is 41.8 Å². The highest BCUT2D eigenvalue weighted by Gasteiger charge is 2.19. The third-order valence-electron chi connectivity index (χ3n) is 4.08. The normalized spacial score (nSPS) is 11.6. The maximum Gasteiger partial charge on any atom is 0.257 e. The number of benzene rings is 1. The van der Waals surface area contributed by atoms with E-state index in [1.807, 2.05) is 0 Å². The average Bonchev–Trinajstić information content (AvgIpc) is 3.00. The maximum absolute atomic E-state index is 15.5. The Morgan fingerprint density at radius 1 is 1.22 bits per heavy atom. The smallest absolute Gasteiger partial charge is 0.257 e. The minimum atomic E-state index is -2.61. The second kappa shape index (κ2) is 6.76. The first-order valence-corrected chi connectivity index (χ1v) is 8.73. The Bertz CT molecular complexity index is 1160. The van der Waals surface area contributed by atoms with Crippen molar-refractivity contribution in [3.8, 4) is 11.1 Å². The molecule has 0 atom stereocenters. The van der Waals surface area contributed by atoms with Crippen molar-refractivity contribution in [2.45, 2.75) is 13.3 Å². The SMILES string of the molecule is Cc1nnc2nc(NCC(F)F)c3c(F)c(-c4ccnc(Br)c4)ccc3n12. The largest absolute Gasteiger partial charge is 0.364 e. The first kappa shape index (κ1) is 17.7. The molecule has 0 saturated heterocycles. The first-order chi connectivity index (χ1) is 13.0. The first-order valence-electron chi connectivity index (χ1n) is 7.93. The molecular formula is C17H12BrF3N6. The highest BCUT2D eigenvalue weighted by atomic mass is 79.9. The van der Waals surface area contributed by atoms with Gasteiger partial charge in [-0.2, -0.15) is 4.98 Å². The van der Waals surface area contributed by atoms with Gasteiger partial charge in [0.1, 0.15) is 22.1 Å². The summed E-state index contributed by atoms with van der Waals surface area (Å²) in [6.07, 6.45) is -1.07. The van der Waals surface area contributed by atoms with Crippen molar-refractivity contribution in [2.75, 3.05) is 11.9 Å². The van der Waals surface area contributed by atoms with E-state index in [2.05, 4.69) is 41.4 Å². The van der Waals surface area contributed by atoms with Gasteiger partial charge >= 0.3 is 0 Å². The molecule has 0 radical (unpaired) electrons. The molecule has 3 aromatic heterocycles. The van der Waals surface area contributed by atoms with Gasteiger partial charge in [0.25, 0.3) is 12.2 Å². The number of anilines is 1. The Hall–Kier alpha value is -2.75. The molecule has 1 N–H and O–H groups in total. The zero-order valence-corrected chi connectivity index (χ0v) is 15.5. The summed E-state index contributed by atoms with van der Waals surface area (Å²) in [7, 11) is 0. The lowest BCUT2D eigenvalue weighted by molar-refractivity contribution is 0.163. The van der Waals surface area contributed by atoms with Crippen LogP contribution in [0, 0.1) is 12.7 Å². The zero-order chi connectivity index (χ0) is 19.1. The molecule has 27 heavy (non-hydrogen) atoms. The second-order valence-corrected chi connectivity index (χ2v) is 6.62. The number of hydrogen-bond acceptors (Lipinski definition) is 5. The topological polar surface area (TPSA) is 68.0 Å². The van der Waals surface area contributed by atoms with Crippen molar-refractivity contribution in [3.05, 3.63) is 46.7 Å². The predicted octanol–water partition coefficient (Wildman–Crippen LogP) is 4.23. The van der Waals surface area contributed by atoms with E-state index >= 15 is 4.39 Å².